The van der Waals surface area contributed by atoms with Gasteiger partial charge in [0.25, 0.3) is 0 Å². The molecule has 0 heterocycles. The average Bonchev–Trinajstić information content (AvgIpc) is 2.48. The first kappa shape index (κ1) is 16.1. The van der Waals surface area contributed by atoms with Crippen molar-refractivity contribution in [3.63, 3.8) is 0 Å². The lowest BCUT2D eigenvalue weighted by Crippen LogP contribution is -2.38. The molecule has 0 saturated heterocycles. The van der Waals surface area contributed by atoms with Gasteiger partial charge in [0.2, 0.25) is 0 Å². The van der Waals surface area contributed by atoms with E-state index in [1.165, 1.54) is 32.1 Å². The first-order chi connectivity index (χ1) is 10.2. The molecule has 1 atom stereocenters. The van der Waals surface area contributed by atoms with Crippen LogP contribution in [0.2, 0.25) is 0 Å². The molecule has 0 spiro atoms. The minimum Gasteiger partial charge on any atom is -0.491 e. The van der Waals surface area contributed by atoms with Gasteiger partial charge in [0, 0.05) is 17.8 Å². The van der Waals surface area contributed by atoms with Gasteiger partial charge >= 0.3 is 0 Å². The number of hydrogen-bond acceptors (Lipinski definition) is 2. The first-order valence-electron chi connectivity index (χ1n) is 8.01. The van der Waals surface area contributed by atoms with Crippen molar-refractivity contribution in [3.05, 3.63) is 24.3 Å². The van der Waals surface area contributed by atoms with Crippen LogP contribution in [-0.2, 0) is 0 Å². The van der Waals surface area contributed by atoms with Crippen LogP contribution >= 0.6 is 12.2 Å². The highest BCUT2D eigenvalue weighted by molar-refractivity contribution is 7.80. The normalized spacial score (nSPS) is 17.0. The SMILES string of the molecule is CCC(C)Oc1cccc(NC(=S)NC2CCCCC2)c1. The summed E-state index contributed by atoms with van der Waals surface area (Å²) in [7, 11) is 0. The first-order valence-corrected chi connectivity index (χ1v) is 8.42. The van der Waals surface area contributed by atoms with E-state index in [9.17, 15) is 0 Å². The zero-order chi connectivity index (χ0) is 15.1. The number of nitrogens with one attached hydrogen (secondary N) is 2. The predicted octanol–water partition coefficient (Wildman–Crippen LogP) is 4.48. The highest BCUT2D eigenvalue weighted by Gasteiger charge is 2.14. The summed E-state index contributed by atoms with van der Waals surface area (Å²) in [5.41, 5.74) is 0.976. The van der Waals surface area contributed by atoms with Crippen molar-refractivity contribution in [1.82, 2.24) is 5.32 Å². The quantitative estimate of drug-likeness (QED) is 0.786. The van der Waals surface area contributed by atoms with Crippen LogP contribution in [0.5, 0.6) is 5.75 Å². The van der Waals surface area contributed by atoms with Crippen LogP contribution in [0.25, 0.3) is 0 Å². The van der Waals surface area contributed by atoms with Crippen LogP contribution in [0.1, 0.15) is 52.4 Å². The molecule has 3 nitrogen and oxygen atoms in total. The summed E-state index contributed by atoms with van der Waals surface area (Å²) in [6.07, 6.45) is 7.63. The molecular formula is C17H26N2OS. The molecule has 21 heavy (non-hydrogen) atoms. The minimum absolute atomic E-state index is 0.229. The van der Waals surface area contributed by atoms with Gasteiger partial charge in [-0.1, -0.05) is 32.3 Å². The van der Waals surface area contributed by atoms with Crippen molar-refractivity contribution in [3.8, 4) is 5.75 Å². The molecule has 1 unspecified atom stereocenters. The molecule has 0 aliphatic heterocycles. The molecule has 1 aliphatic carbocycles. The van der Waals surface area contributed by atoms with Gasteiger partial charge in [0.05, 0.1) is 6.10 Å². The maximum absolute atomic E-state index is 5.83. The lowest BCUT2D eigenvalue weighted by Gasteiger charge is -2.24. The van der Waals surface area contributed by atoms with Gasteiger partial charge in [0.15, 0.2) is 5.11 Å². The largest absolute Gasteiger partial charge is 0.491 e. The number of hydrogen-bond donors (Lipinski definition) is 2. The van der Waals surface area contributed by atoms with E-state index in [1.54, 1.807) is 0 Å². The molecule has 1 fully saturated rings. The molecule has 1 aromatic rings. The van der Waals surface area contributed by atoms with E-state index in [0.29, 0.717) is 11.2 Å². The monoisotopic (exact) mass is 306 g/mol. The van der Waals surface area contributed by atoms with E-state index < -0.39 is 0 Å². The number of anilines is 1. The van der Waals surface area contributed by atoms with E-state index in [2.05, 4.69) is 24.5 Å². The summed E-state index contributed by atoms with van der Waals surface area (Å²) in [5.74, 6) is 0.884. The molecule has 2 N–H and O–H groups in total. The highest BCUT2D eigenvalue weighted by atomic mass is 32.1. The Morgan fingerprint density at radius 2 is 2.10 bits per heavy atom. The zero-order valence-corrected chi connectivity index (χ0v) is 13.8. The van der Waals surface area contributed by atoms with Crippen molar-refractivity contribution in [2.24, 2.45) is 0 Å². The van der Waals surface area contributed by atoms with Gasteiger partial charge in [-0.3, -0.25) is 0 Å². The lowest BCUT2D eigenvalue weighted by atomic mass is 9.96. The Morgan fingerprint density at radius 1 is 1.33 bits per heavy atom. The molecule has 0 aromatic heterocycles. The molecule has 0 radical (unpaired) electrons. The Hall–Kier alpha value is -1.29. The van der Waals surface area contributed by atoms with Crippen molar-refractivity contribution in [2.75, 3.05) is 5.32 Å². The standard InChI is InChI=1S/C17H26N2OS/c1-3-13(2)20-16-11-7-10-15(12-16)19-17(21)18-14-8-5-4-6-9-14/h7,10-14H,3-6,8-9H2,1-2H3,(H2,18,19,21). The smallest absolute Gasteiger partial charge is 0.170 e. The predicted molar refractivity (Wildman–Crippen MR) is 93.1 cm³/mol. The van der Waals surface area contributed by atoms with E-state index in [0.717, 1.165) is 17.9 Å². The molecule has 0 amide bonds. The van der Waals surface area contributed by atoms with Gasteiger partial charge in [-0.2, -0.15) is 0 Å². The Labute approximate surface area is 133 Å². The summed E-state index contributed by atoms with van der Waals surface area (Å²) >= 11 is 5.41. The van der Waals surface area contributed by atoms with Crippen molar-refractivity contribution >= 4 is 23.0 Å². The topological polar surface area (TPSA) is 33.3 Å². The molecule has 1 saturated carbocycles. The van der Waals surface area contributed by atoms with Crippen LogP contribution < -0.4 is 15.4 Å². The third-order valence-corrected chi connectivity index (χ3v) is 4.16. The van der Waals surface area contributed by atoms with E-state index >= 15 is 0 Å². The van der Waals surface area contributed by atoms with Gasteiger partial charge in [-0.15, -0.1) is 0 Å². The summed E-state index contributed by atoms with van der Waals surface area (Å²) < 4.78 is 5.83. The highest BCUT2D eigenvalue weighted by Crippen LogP contribution is 2.20. The molecule has 1 aromatic carbocycles. The van der Waals surface area contributed by atoms with Gasteiger partial charge < -0.3 is 15.4 Å². The van der Waals surface area contributed by atoms with Crippen LogP contribution in [0, 0.1) is 0 Å². The molecule has 116 valence electrons. The zero-order valence-electron chi connectivity index (χ0n) is 13.0. The summed E-state index contributed by atoms with van der Waals surface area (Å²) in [6.45, 7) is 4.20. The molecule has 4 heteroatoms. The van der Waals surface area contributed by atoms with E-state index in [-0.39, 0.29) is 6.10 Å². The fraction of sp³-hybridized carbons (Fsp3) is 0.588. The van der Waals surface area contributed by atoms with E-state index in [1.807, 2.05) is 24.3 Å². The third kappa shape index (κ3) is 5.54. The number of benzene rings is 1. The van der Waals surface area contributed by atoms with Gasteiger partial charge in [0.1, 0.15) is 5.75 Å². The number of ether oxygens (including phenoxy) is 1. The maximum Gasteiger partial charge on any atom is 0.170 e. The molecule has 1 aliphatic rings. The Kier molecular flexibility index (Phi) is 6.30. The molecular weight excluding hydrogens is 280 g/mol. The van der Waals surface area contributed by atoms with Crippen LogP contribution in [0.4, 0.5) is 5.69 Å². The van der Waals surface area contributed by atoms with Gasteiger partial charge in [-0.25, -0.2) is 0 Å². The van der Waals surface area contributed by atoms with Crippen LogP contribution in [0.15, 0.2) is 24.3 Å². The Morgan fingerprint density at radius 3 is 2.81 bits per heavy atom. The number of thiocarbonyl (C=S) groups is 1. The summed E-state index contributed by atoms with van der Waals surface area (Å²) in [6, 6.07) is 8.51. The van der Waals surface area contributed by atoms with Crippen molar-refractivity contribution in [1.29, 1.82) is 0 Å². The van der Waals surface area contributed by atoms with Gasteiger partial charge in [-0.05, 0) is 50.5 Å². The van der Waals surface area contributed by atoms with E-state index in [4.69, 9.17) is 17.0 Å². The average molecular weight is 306 g/mol. The molecule has 0 bridgehead atoms. The van der Waals surface area contributed by atoms with Crippen molar-refractivity contribution in [2.45, 2.75) is 64.5 Å². The Bertz CT molecular complexity index is 458. The summed E-state index contributed by atoms with van der Waals surface area (Å²) in [4.78, 5) is 0. The Balaban J connectivity index is 1.86. The second-order valence-corrected chi connectivity index (χ2v) is 6.21. The van der Waals surface area contributed by atoms with Crippen LogP contribution in [-0.4, -0.2) is 17.3 Å². The second kappa shape index (κ2) is 8.23. The van der Waals surface area contributed by atoms with Crippen molar-refractivity contribution < 1.29 is 4.74 Å². The maximum atomic E-state index is 5.83. The fourth-order valence-electron chi connectivity index (χ4n) is 2.56. The second-order valence-electron chi connectivity index (χ2n) is 5.80. The minimum atomic E-state index is 0.229. The van der Waals surface area contributed by atoms with Crippen LogP contribution in [0.3, 0.4) is 0 Å². The fourth-order valence-corrected chi connectivity index (χ4v) is 2.85. The summed E-state index contributed by atoms with van der Waals surface area (Å²) in [5, 5.41) is 7.39. The molecule has 2 rings (SSSR count). The third-order valence-electron chi connectivity index (χ3n) is 3.94. The number of rotatable bonds is 5. The lowest BCUT2D eigenvalue weighted by molar-refractivity contribution is 0.217.